The monoisotopic (exact) mass is 702 g/mol. The molecule has 0 aromatic heterocycles. The average molecular weight is 703 g/mol. The molecule has 4 aromatic rings. The van der Waals surface area contributed by atoms with Gasteiger partial charge in [-0.3, -0.25) is 9.80 Å². The molecular weight excluding hydrogens is 652 g/mol. The first-order valence-electron chi connectivity index (χ1n) is 19.2. The third-order valence-corrected chi connectivity index (χ3v) is 11.9. The SMILES string of the molecule is c1ccc2c(c1)C1c3ccccc3C23OCCN2CCOCCOCCN(CCOCCOCC2)CCOC32c3ccccc3C1c1ccccc12. The van der Waals surface area contributed by atoms with Gasteiger partial charge in [0.25, 0.3) is 0 Å². The summed E-state index contributed by atoms with van der Waals surface area (Å²) >= 11 is 0. The van der Waals surface area contributed by atoms with Crippen LogP contribution in [0.25, 0.3) is 0 Å². The van der Waals surface area contributed by atoms with E-state index in [4.69, 9.17) is 28.4 Å². The highest BCUT2D eigenvalue weighted by Gasteiger charge is 2.67. The number of ether oxygens (including phenoxy) is 6. The topological polar surface area (TPSA) is 61.9 Å². The summed E-state index contributed by atoms with van der Waals surface area (Å²) in [4.78, 5) is 4.81. The van der Waals surface area contributed by atoms with Crippen LogP contribution in [0.1, 0.15) is 56.3 Å². The number of benzene rings is 4. The molecule has 6 bridgehead atoms. The maximum absolute atomic E-state index is 7.81. The molecule has 2 spiro atoms. The van der Waals surface area contributed by atoms with Gasteiger partial charge in [0.15, 0.2) is 11.2 Å². The molecular formula is C44H50N2O6. The lowest BCUT2D eigenvalue weighted by Crippen LogP contribution is -2.61. The maximum atomic E-state index is 7.81. The number of hydrogen-bond acceptors (Lipinski definition) is 8. The highest BCUT2D eigenvalue weighted by atomic mass is 16.6. The van der Waals surface area contributed by atoms with Crippen molar-refractivity contribution in [1.82, 2.24) is 9.80 Å². The van der Waals surface area contributed by atoms with Crippen LogP contribution in [-0.2, 0) is 39.6 Å². The van der Waals surface area contributed by atoms with Gasteiger partial charge in [0.2, 0.25) is 0 Å². The zero-order valence-corrected chi connectivity index (χ0v) is 30.0. The van der Waals surface area contributed by atoms with Crippen LogP contribution in [0.2, 0.25) is 0 Å². The van der Waals surface area contributed by atoms with Crippen molar-refractivity contribution in [2.45, 2.75) is 23.0 Å². The number of nitrogens with zero attached hydrogens (tertiary/aromatic N) is 2. The lowest BCUT2D eigenvalue weighted by atomic mass is 9.49. The number of rotatable bonds is 0. The van der Waals surface area contributed by atoms with Gasteiger partial charge in [0.05, 0.1) is 66.1 Å². The zero-order chi connectivity index (χ0) is 34.8. The summed E-state index contributed by atoms with van der Waals surface area (Å²) in [5.74, 6) is 0.254. The molecule has 3 heterocycles. The van der Waals surface area contributed by atoms with E-state index >= 15 is 0 Å². The minimum Gasteiger partial charge on any atom is -0.378 e. The fourth-order valence-corrected chi connectivity index (χ4v) is 9.72. The molecule has 272 valence electrons. The van der Waals surface area contributed by atoms with Crippen molar-refractivity contribution >= 4 is 0 Å². The van der Waals surface area contributed by atoms with E-state index in [1.54, 1.807) is 0 Å². The second-order valence-electron chi connectivity index (χ2n) is 14.5. The van der Waals surface area contributed by atoms with Crippen molar-refractivity contribution in [3.8, 4) is 0 Å². The summed E-state index contributed by atoms with van der Waals surface area (Å²) < 4.78 is 39.9. The Bertz CT molecular complexity index is 1600. The molecule has 0 N–H and O–H groups in total. The molecule has 0 radical (unpaired) electrons. The second-order valence-corrected chi connectivity index (χ2v) is 14.5. The Morgan fingerprint density at radius 1 is 0.346 bits per heavy atom. The summed E-state index contributed by atoms with van der Waals surface area (Å²) in [6, 6.07) is 36.1. The van der Waals surface area contributed by atoms with Crippen LogP contribution < -0.4 is 0 Å². The first-order chi connectivity index (χ1) is 25.8. The molecule has 8 heteroatoms. The van der Waals surface area contributed by atoms with Gasteiger partial charge >= 0.3 is 0 Å². The zero-order valence-electron chi connectivity index (χ0n) is 30.0. The van der Waals surface area contributed by atoms with Crippen LogP contribution in [0.3, 0.4) is 0 Å². The Balaban J connectivity index is 1.28. The summed E-state index contributed by atoms with van der Waals surface area (Å²) in [5, 5.41) is 0. The quantitative estimate of drug-likeness (QED) is 0.238. The molecule has 3 saturated heterocycles. The van der Waals surface area contributed by atoms with E-state index in [1.165, 1.54) is 44.5 Å². The standard InChI is InChI=1S/C44H50N2O6/c1-5-13-37-33(9-1)41-34-10-2-6-14-38(34)43(37)44(39-15-7-3-11-35(39)42(41)36-12-4-8-16-40(36)44)52-28-22-46-19-25-49-31-29-47-23-17-45(21-27-51-43)18-24-48-30-32-50-26-20-46/h1-16,41-42H,17-32H2. The Labute approximate surface area is 307 Å². The smallest absolute Gasteiger partial charge is 0.156 e. The van der Waals surface area contributed by atoms with Gasteiger partial charge in [-0.2, -0.15) is 0 Å². The van der Waals surface area contributed by atoms with Gasteiger partial charge in [-0.1, -0.05) is 97.1 Å². The van der Waals surface area contributed by atoms with Crippen molar-refractivity contribution in [1.29, 1.82) is 0 Å². The average Bonchev–Trinajstić information content (AvgIpc) is 3.18. The normalized spacial score (nSPS) is 31.1. The van der Waals surface area contributed by atoms with E-state index in [0.29, 0.717) is 79.2 Å². The molecule has 0 amide bonds. The largest absolute Gasteiger partial charge is 0.378 e. The lowest BCUT2D eigenvalue weighted by Gasteiger charge is -2.61. The Morgan fingerprint density at radius 2 is 0.615 bits per heavy atom. The van der Waals surface area contributed by atoms with Crippen LogP contribution >= 0.6 is 0 Å². The fraction of sp³-hybridized carbons (Fsp3) is 0.455. The van der Waals surface area contributed by atoms with E-state index in [1.807, 2.05) is 0 Å². The first-order valence-corrected chi connectivity index (χ1v) is 19.2. The van der Waals surface area contributed by atoms with E-state index in [-0.39, 0.29) is 11.8 Å². The van der Waals surface area contributed by atoms with E-state index in [2.05, 4.69) is 107 Å². The van der Waals surface area contributed by atoms with Crippen molar-refractivity contribution in [2.24, 2.45) is 0 Å². The van der Waals surface area contributed by atoms with E-state index in [9.17, 15) is 0 Å². The maximum Gasteiger partial charge on any atom is 0.156 e. The second kappa shape index (κ2) is 15.1. The minimum atomic E-state index is -0.985. The molecule has 0 atom stereocenters. The highest BCUT2D eigenvalue weighted by molar-refractivity contribution is 5.71. The van der Waals surface area contributed by atoms with Gasteiger partial charge in [0, 0.05) is 51.1 Å². The highest BCUT2D eigenvalue weighted by Crippen LogP contribution is 2.69. The van der Waals surface area contributed by atoms with Crippen molar-refractivity contribution in [3.63, 3.8) is 0 Å². The van der Waals surface area contributed by atoms with Crippen LogP contribution in [0, 0.1) is 0 Å². The fourth-order valence-electron chi connectivity index (χ4n) is 9.72. The molecule has 3 fully saturated rings. The number of hydrogen-bond donors (Lipinski definition) is 0. The van der Waals surface area contributed by atoms with Crippen LogP contribution in [0.15, 0.2) is 97.1 Å². The van der Waals surface area contributed by atoms with Gasteiger partial charge in [-0.05, 0) is 44.5 Å². The molecule has 13 rings (SSSR count). The third-order valence-electron chi connectivity index (χ3n) is 11.9. The summed E-state index contributed by atoms with van der Waals surface area (Å²) in [5.41, 5.74) is 8.12. The summed E-state index contributed by atoms with van der Waals surface area (Å²) in [6.45, 7) is 10.3. The van der Waals surface area contributed by atoms with Gasteiger partial charge in [-0.25, -0.2) is 0 Å². The molecule has 4 aromatic carbocycles. The lowest BCUT2D eigenvalue weighted by molar-refractivity contribution is -0.191. The number of fused-ring (bicyclic) bond motifs is 18. The molecule has 0 unspecified atom stereocenters. The molecule has 9 aliphatic rings. The Kier molecular flexibility index (Phi) is 9.99. The van der Waals surface area contributed by atoms with Crippen LogP contribution in [0.4, 0.5) is 0 Å². The van der Waals surface area contributed by atoms with Crippen molar-refractivity contribution in [2.75, 3.05) is 105 Å². The van der Waals surface area contributed by atoms with E-state index < -0.39 is 11.2 Å². The van der Waals surface area contributed by atoms with Crippen molar-refractivity contribution < 1.29 is 28.4 Å². The van der Waals surface area contributed by atoms with Crippen LogP contribution in [-0.4, -0.2) is 115 Å². The molecule has 8 nitrogen and oxygen atoms in total. The van der Waals surface area contributed by atoms with Crippen LogP contribution in [0.5, 0.6) is 0 Å². The minimum absolute atomic E-state index is 0.127. The predicted octanol–water partition coefficient (Wildman–Crippen LogP) is 5.51. The molecule has 6 aliphatic carbocycles. The van der Waals surface area contributed by atoms with Gasteiger partial charge in [0.1, 0.15) is 0 Å². The van der Waals surface area contributed by atoms with E-state index in [0.717, 1.165) is 26.2 Å². The Hall–Kier alpha value is -3.44. The molecule has 0 saturated carbocycles. The van der Waals surface area contributed by atoms with Gasteiger partial charge in [-0.15, -0.1) is 0 Å². The summed E-state index contributed by atoms with van der Waals surface area (Å²) in [7, 11) is 0. The predicted molar refractivity (Wildman–Crippen MR) is 199 cm³/mol. The molecule has 52 heavy (non-hydrogen) atoms. The first kappa shape index (κ1) is 34.3. The van der Waals surface area contributed by atoms with Crippen molar-refractivity contribution in [3.05, 3.63) is 142 Å². The van der Waals surface area contributed by atoms with Gasteiger partial charge < -0.3 is 28.4 Å². The summed E-state index contributed by atoms with van der Waals surface area (Å²) in [6.07, 6.45) is 0. The Morgan fingerprint density at radius 3 is 0.923 bits per heavy atom. The third kappa shape index (κ3) is 5.76. The molecule has 3 aliphatic heterocycles.